The first-order valence-corrected chi connectivity index (χ1v) is 7.93. The smallest absolute Gasteiger partial charge is 0.212 e. The number of nitrogens with one attached hydrogen (secondary N) is 1. The summed E-state index contributed by atoms with van der Waals surface area (Å²) in [6.45, 7) is 3.84. The predicted molar refractivity (Wildman–Crippen MR) is 73.0 cm³/mol. The van der Waals surface area contributed by atoms with Crippen molar-refractivity contribution in [1.29, 1.82) is 0 Å². The van der Waals surface area contributed by atoms with Crippen LogP contribution in [0.15, 0.2) is 24.3 Å². The molecule has 0 aliphatic rings. The van der Waals surface area contributed by atoms with Crippen molar-refractivity contribution in [3.05, 3.63) is 29.8 Å². The summed E-state index contributed by atoms with van der Waals surface area (Å²) in [5.41, 5.74) is 0.625. The Morgan fingerprint density at radius 1 is 1.28 bits per heavy atom. The fourth-order valence-electron chi connectivity index (χ4n) is 1.76. The van der Waals surface area contributed by atoms with Crippen LogP contribution in [0, 0.1) is 0 Å². The van der Waals surface area contributed by atoms with Crippen molar-refractivity contribution < 1.29 is 13.5 Å². The van der Waals surface area contributed by atoms with Gasteiger partial charge in [-0.1, -0.05) is 38.5 Å². The maximum absolute atomic E-state index is 11.9. The standard InChI is InChI=1S/C13H21NO3S/c1-3-5-10-18(16,17)14-12(4-2)11-8-6-7-9-13(11)15/h6-9,12,14-15H,3-5,10H2,1-2H3/t12-/m0/s1. The molecule has 0 amide bonds. The molecule has 0 bridgehead atoms. The summed E-state index contributed by atoms with van der Waals surface area (Å²) in [5, 5.41) is 9.75. The zero-order chi connectivity index (χ0) is 13.6. The van der Waals surface area contributed by atoms with Crippen LogP contribution in [0.3, 0.4) is 0 Å². The van der Waals surface area contributed by atoms with Crippen LogP contribution in [-0.4, -0.2) is 19.3 Å². The van der Waals surface area contributed by atoms with Gasteiger partial charge in [-0.05, 0) is 18.9 Å². The quantitative estimate of drug-likeness (QED) is 0.801. The summed E-state index contributed by atoms with van der Waals surface area (Å²) in [6, 6.07) is 6.45. The van der Waals surface area contributed by atoms with Crippen molar-refractivity contribution in [2.24, 2.45) is 0 Å². The largest absolute Gasteiger partial charge is 0.508 e. The number of aromatic hydroxyl groups is 1. The topological polar surface area (TPSA) is 66.4 Å². The van der Waals surface area contributed by atoms with Gasteiger partial charge >= 0.3 is 0 Å². The van der Waals surface area contributed by atoms with Gasteiger partial charge in [0.15, 0.2) is 0 Å². The van der Waals surface area contributed by atoms with Crippen molar-refractivity contribution in [3.8, 4) is 5.75 Å². The third kappa shape index (κ3) is 4.31. The molecule has 0 saturated heterocycles. The van der Waals surface area contributed by atoms with E-state index in [2.05, 4.69) is 4.72 Å². The van der Waals surface area contributed by atoms with E-state index in [1.807, 2.05) is 13.8 Å². The Kier molecular flexibility index (Phi) is 5.62. The number of unbranched alkanes of at least 4 members (excludes halogenated alkanes) is 1. The monoisotopic (exact) mass is 271 g/mol. The first kappa shape index (κ1) is 15.0. The molecule has 0 spiro atoms. The Labute approximate surface area is 109 Å². The number of sulfonamides is 1. The van der Waals surface area contributed by atoms with E-state index < -0.39 is 10.0 Å². The Morgan fingerprint density at radius 3 is 2.50 bits per heavy atom. The highest BCUT2D eigenvalue weighted by Crippen LogP contribution is 2.26. The molecule has 18 heavy (non-hydrogen) atoms. The minimum absolute atomic E-state index is 0.127. The van der Waals surface area contributed by atoms with Crippen LogP contribution in [0.2, 0.25) is 0 Å². The highest BCUT2D eigenvalue weighted by atomic mass is 32.2. The molecule has 0 fully saturated rings. The molecule has 0 aromatic heterocycles. The number of rotatable bonds is 7. The molecule has 4 nitrogen and oxygen atoms in total. The van der Waals surface area contributed by atoms with Gasteiger partial charge in [0.2, 0.25) is 10.0 Å². The average molecular weight is 271 g/mol. The lowest BCUT2D eigenvalue weighted by atomic mass is 10.0. The van der Waals surface area contributed by atoms with Crippen molar-refractivity contribution >= 4 is 10.0 Å². The second-order valence-electron chi connectivity index (χ2n) is 4.31. The number of benzene rings is 1. The zero-order valence-corrected chi connectivity index (χ0v) is 11.7. The van der Waals surface area contributed by atoms with Crippen LogP contribution in [0.4, 0.5) is 0 Å². The minimum Gasteiger partial charge on any atom is -0.508 e. The lowest BCUT2D eigenvalue weighted by molar-refractivity contribution is 0.454. The fourth-order valence-corrected chi connectivity index (χ4v) is 3.27. The van der Waals surface area contributed by atoms with Gasteiger partial charge in [-0.15, -0.1) is 0 Å². The summed E-state index contributed by atoms with van der Waals surface area (Å²) < 4.78 is 26.3. The minimum atomic E-state index is -3.28. The maximum atomic E-state index is 11.9. The van der Waals surface area contributed by atoms with Crippen LogP contribution < -0.4 is 4.72 Å². The number of hydrogen-bond donors (Lipinski definition) is 2. The molecule has 1 rings (SSSR count). The highest BCUT2D eigenvalue weighted by molar-refractivity contribution is 7.89. The summed E-state index contributed by atoms with van der Waals surface area (Å²) in [7, 11) is -3.28. The molecular weight excluding hydrogens is 250 g/mol. The van der Waals surface area contributed by atoms with Crippen LogP contribution in [0.1, 0.15) is 44.7 Å². The van der Waals surface area contributed by atoms with Crippen LogP contribution >= 0.6 is 0 Å². The third-order valence-electron chi connectivity index (χ3n) is 2.81. The Hall–Kier alpha value is -1.07. The highest BCUT2D eigenvalue weighted by Gasteiger charge is 2.19. The Morgan fingerprint density at radius 2 is 1.94 bits per heavy atom. The molecule has 0 aliphatic carbocycles. The maximum Gasteiger partial charge on any atom is 0.212 e. The predicted octanol–water partition coefficient (Wildman–Crippen LogP) is 2.56. The number of para-hydroxylation sites is 1. The van der Waals surface area contributed by atoms with Gasteiger partial charge in [-0.25, -0.2) is 13.1 Å². The number of phenolic OH excluding ortho intramolecular Hbond substituents is 1. The van der Waals surface area contributed by atoms with E-state index in [0.717, 1.165) is 6.42 Å². The van der Waals surface area contributed by atoms with E-state index in [1.54, 1.807) is 24.3 Å². The fraction of sp³-hybridized carbons (Fsp3) is 0.538. The third-order valence-corrected chi connectivity index (χ3v) is 4.28. The number of hydrogen-bond acceptors (Lipinski definition) is 3. The Balaban J connectivity index is 2.83. The summed E-state index contributed by atoms with van der Waals surface area (Å²) in [5.74, 6) is 0.260. The van der Waals surface area contributed by atoms with Gasteiger partial charge in [-0.2, -0.15) is 0 Å². The van der Waals surface area contributed by atoms with Crippen LogP contribution in [-0.2, 0) is 10.0 Å². The Bertz CT molecular complexity index is 471. The van der Waals surface area contributed by atoms with Crippen molar-refractivity contribution in [1.82, 2.24) is 4.72 Å². The molecule has 102 valence electrons. The lowest BCUT2D eigenvalue weighted by Crippen LogP contribution is -2.30. The summed E-state index contributed by atoms with van der Waals surface area (Å²) in [4.78, 5) is 0. The van der Waals surface area contributed by atoms with E-state index in [1.165, 1.54) is 0 Å². The lowest BCUT2D eigenvalue weighted by Gasteiger charge is -2.18. The molecular formula is C13H21NO3S. The normalized spacial score (nSPS) is 13.4. The van der Waals surface area contributed by atoms with E-state index in [0.29, 0.717) is 18.4 Å². The molecule has 0 aliphatic heterocycles. The molecule has 1 aromatic rings. The zero-order valence-electron chi connectivity index (χ0n) is 10.9. The van der Waals surface area contributed by atoms with Gasteiger partial charge < -0.3 is 5.11 Å². The van der Waals surface area contributed by atoms with E-state index in [9.17, 15) is 13.5 Å². The summed E-state index contributed by atoms with van der Waals surface area (Å²) >= 11 is 0. The second-order valence-corrected chi connectivity index (χ2v) is 6.18. The van der Waals surface area contributed by atoms with Crippen LogP contribution in [0.5, 0.6) is 5.75 Å². The molecule has 5 heteroatoms. The first-order chi connectivity index (χ1) is 8.50. The van der Waals surface area contributed by atoms with Gasteiger partial charge in [0.1, 0.15) is 5.75 Å². The van der Waals surface area contributed by atoms with Crippen molar-refractivity contribution in [2.45, 2.75) is 39.2 Å². The first-order valence-electron chi connectivity index (χ1n) is 6.28. The van der Waals surface area contributed by atoms with Crippen molar-refractivity contribution in [3.63, 3.8) is 0 Å². The SMILES string of the molecule is CCCCS(=O)(=O)N[C@@H](CC)c1ccccc1O. The van der Waals surface area contributed by atoms with E-state index in [4.69, 9.17) is 0 Å². The molecule has 0 unspecified atom stereocenters. The molecule has 0 heterocycles. The van der Waals surface area contributed by atoms with Crippen molar-refractivity contribution in [2.75, 3.05) is 5.75 Å². The number of phenols is 1. The van der Waals surface area contributed by atoms with Gasteiger partial charge in [-0.3, -0.25) is 0 Å². The molecule has 1 aromatic carbocycles. The molecule has 0 radical (unpaired) electrons. The van der Waals surface area contributed by atoms with Gasteiger partial charge in [0.25, 0.3) is 0 Å². The van der Waals surface area contributed by atoms with Gasteiger partial charge in [0.05, 0.1) is 11.8 Å². The average Bonchev–Trinajstić information content (AvgIpc) is 2.34. The molecule has 1 atom stereocenters. The second kappa shape index (κ2) is 6.75. The molecule has 2 N–H and O–H groups in total. The summed E-state index contributed by atoms with van der Waals surface area (Å²) in [6.07, 6.45) is 2.09. The van der Waals surface area contributed by atoms with Gasteiger partial charge in [0, 0.05) is 5.56 Å². The van der Waals surface area contributed by atoms with Crippen LogP contribution in [0.25, 0.3) is 0 Å². The molecule has 0 saturated carbocycles. The van der Waals surface area contributed by atoms with E-state index >= 15 is 0 Å². The van der Waals surface area contributed by atoms with E-state index in [-0.39, 0.29) is 17.5 Å².